The van der Waals surface area contributed by atoms with Gasteiger partial charge in [-0.1, -0.05) is 0 Å². The molecule has 1 aliphatic heterocycles. The molecule has 204 valence electrons. The van der Waals surface area contributed by atoms with E-state index in [1.165, 1.54) is 0 Å². The molecule has 0 aliphatic carbocycles. The molecular weight excluding hydrogens is 561 g/mol. The highest BCUT2D eigenvalue weighted by molar-refractivity contribution is 7.45. The largest absolute Gasteiger partial charge is 0.466 e. The Hall–Kier alpha value is -1.58. The lowest BCUT2D eigenvalue weighted by molar-refractivity contribution is -0.138. The average Bonchev–Trinajstić information content (AvgIpc) is 3.11. The number of imidazole rings is 1. The zero-order valence-electron chi connectivity index (χ0n) is 16.6. The summed E-state index contributed by atoms with van der Waals surface area (Å²) in [5.41, 5.74) is 5.80. The van der Waals surface area contributed by atoms with Crippen LogP contribution in [0.5, 0.6) is 0 Å². The molecule has 2 aromatic heterocycles. The van der Waals surface area contributed by atoms with Crippen LogP contribution in [0.15, 0.2) is 12.7 Å². The molecule has 3 rings (SSSR count). The van der Waals surface area contributed by atoms with Crippen molar-refractivity contribution in [3.63, 3.8) is 0 Å². The first-order valence-electron chi connectivity index (χ1n) is 8.06. The Bertz CT molecular complexity index is 1030. The summed E-state index contributed by atoms with van der Waals surface area (Å²) in [7, 11) is -13.9. The first-order chi connectivity index (χ1) is 15.5. The van der Waals surface area contributed by atoms with Crippen LogP contribution >= 0.6 is 23.5 Å². The van der Waals surface area contributed by atoms with Crippen molar-refractivity contribution in [3.05, 3.63) is 12.7 Å². The number of aliphatic hydroxyl groups excluding tert-OH is 2. The molecule has 13 N–H and O–H groups in total. The maximum Gasteiger partial charge on any atom is 0.466 e. The predicted octanol–water partition coefficient (Wildman–Crippen LogP) is -3.49. The summed E-state index contributed by atoms with van der Waals surface area (Å²) >= 11 is 0. The summed E-state index contributed by atoms with van der Waals surface area (Å²) in [6.07, 6.45) is -3.13. The van der Waals surface area contributed by atoms with Gasteiger partial charge in [0.25, 0.3) is 0 Å². The highest BCUT2D eigenvalue weighted by atomic mass is 31.2. The molecule has 0 amide bonds. The van der Waals surface area contributed by atoms with Crippen LogP contribution in [-0.4, -0.2) is 98.5 Å². The number of hydrogen-bond acceptors (Lipinski definition) is 10. The minimum absolute atomic E-state index is 0.0503. The van der Waals surface area contributed by atoms with E-state index in [0.717, 1.165) is 17.2 Å². The molecular formula is C10H20F2N5O15P3. The van der Waals surface area contributed by atoms with Gasteiger partial charge >= 0.3 is 29.4 Å². The zero-order chi connectivity index (χ0) is 28.0. The topological polar surface area (TPSA) is 353 Å². The SMILES string of the molecule is Nc1ncnc2c1ncn2[C@@H]1O[C@H](CO)[C@@H](O)C1(F)F.O=P(O)(O)O.O=P(O)(O)O.O=P(O)(O)O. The van der Waals surface area contributed by atoms with Gasteiger partial charge in [0.05, 0.1) is 12.9 Å². The lowest BCUT2D eigenvalue weighted by Gasteiger charge is -2.20. The van der Waals surface area contributed by atoms with Gasteiger partial charge in [0.15, 0.2) is 17.6 Å². The van der Waals surface area contributed by atoms with Crippen molar-refractivity contribution in [2.24, 2.45) is 0 Å². The number of aliphatic hydroxyl groups is 2. The highest BCUT2D eigenvalue weighted by Crippen LogP contribution is 2.43. The molecule has 25 heteroatoms. The van der Waals surface area contributed by atoms with Gasteiger partial charge in [0, 0.05) is 0 Å². The quantitative estimate of drug-likeness (QED) is 0.153. The molecule has 0 aromatic carbocycles. The lowest BCUT2D eigenvalue weighted by atomic mass is 10.1. The lowest BCUT2D eigenvalue weighted by Crippen LogP contribution is -2.39. The Kier molecular flexibility index (Phi) is 12.0. The number of alkyl halides is 2. The summed E-state index contributed by atoms with van der Waals surface area (Å²) in [4.78, 5) is 76.1. The maximum absolute atomic E-state index is 14.0. The van der Waals surface area contributed by atoms with E-state index in [2.05, 4.69) is 15.0 Å². The second kappa shape index (κ2) is 12.6. The van der Waals surface area contributed by atoms with Gasteiger partial charge in [-0.3, -0.25) is 4.57 Å². The molecule has 0 radical (unpaired) electrons. The monoisotopic (exact) mass is 581 g/mol. The number of nitrogen functional groups attached to an aromatic ring is 1. The Morgan fingerprint density at radius 1 is 0.943 bits per heavy atom. The maximum atomic E-state index is 14.0. The third-order valence-electron chi connectivity index (χ3n) is 3.20. The molecule has 0 spiro atoms. The van der Waals surface area contributed by atoms with Crippen LogP contribution in [0, 0.1) is 0 Å². The van der Waals surface area contributed by atoms with Crippen molar-refractivity contribution >= 4 is 40.4 Å². The number of fused-ring (bicyclic) bond motifs is 1. The molecule has 20 nitrogen and oxygen atoms in total. The van der Waals surface area contributed by atoms with Gasteiger partial charge in [-0.2, -0.15) is 8.78 Å². The first-order valence-corrected chi connectivity index (χ1v) is 12.8. The van der Waals surface area contributed by atoms with E-state index in [4.69, 9.17) is 73.3 Å². The highest BCUT2D eigenvalue weighted by Gasteiger charge is 2.59. The van der Waals surface area contributed by atoms with Crippen LogP contribution in [-0.2, 0) is 18.4 Å². The second-order valence-electron chi connectivity index (χ2n) is 5.95. The first kappa shape index (κ1) is 33.4. The number of nitrogens with two attached hydrogens (primary N) is 1. The molecule has 0 bridgehead atoms. The van der Waals surface area contributed by atoms with Crippen LogP contribution in [0.2, 0.25) is 0 Å². The van der Waals surface area contributed by atoms with Crippen LogP contribution < -0.4 is 5.73 Å². The van der Waals surface area contributed by atoms with Crippen LogP contribution in [0.4, 0.5) is 14.6 Å². The fraction of sp³-hybridized carbons (Fsp3) is 0.500. The summed E-state index contributed by atoms with van der Waals surface area (Å²) in [6.45, 7) is -0.725. The third-order valence-corrected chi connectivity index (χ3v) is 3.20. The van der Waals surface area contributed by atoms with E-state index >= 15 is 0 Å². The van der Waals surface area contributed by atoms with E-state index in [0.29, 0.717) is 0 Å². The van der Waals surface area contributed by atoms with Gasteiger partial charge in [-0.15, -0.1) is 0 Å². The summed E-state index contributed by atoms with van der Waals surface area (Å²) in [5, 5.41) is 18.4. The minimum atomic E-state index is -4.64. The average molecular weight is 581 g/mol. The molecule has 2 aromatic rings. The summed E-state index contributed by atoms with van der Waals surface area (Å²) in [5.74, 6) is -3.55. The number of anilines is 1. The molecule has 1 saturated heterocycles. The minimum Gasteiger partial charge on any atom is -0.394 e. The number of rotatable bonds is 2. The van der Waals surface area contributed by atoms with Gasteiger partial charge < -0.3 is 64.7 Å². The standard InChI is InChI=1S/C10H11F2N5O3.3H3O4P/c11-10(12)6(19)4(1-18)20-9(10)17-3-16-5-7(13)14-2-15-8(5)17;3*1-5(2,3)4/h2-4,6,9,18-19H,1H2,(H2,13,14,15);3*(H3,1,2,3,4)/t4-,6-,9-;;;/m1.../s1. The number of aromatic nitrogens is 4. The smallest absolute Gasteiger partial charge is 0.394 e. The van der Waals surface area contributed by atoms with E-state index in [1.807, 2.05) is 0 Å². The van der Waals surface area contributed by atoms with Crippen LogP contribution in [0.3, 0.4) is 0 Å². The zero-order valence-corrected chi connectivity index (χ0v) is 19.3. The predicted molar refractivity (Wildman–Crippen MR) is 104 cm³/mol. The van der Waals surface area contributed by atoms with E-state index < -0.39 is 54.4 Å². The molecule has 0 unspecified atom stereocenters. The number of halogens is 2. The van der Waals surface area contributed by atoms with Crippen molar-refractivity contribution in [1.82, 2.24) is 19.5 Å². The van der Waals surface area contributed by atoms with E-state index in [-0.39, 0.29) is 17.0 Å². The van der Waals surface area contributed by atoms with Crippen molar-refractivity contribution in [2.75, 3.05) is 12.3 Å². The van der Waals surface area contributed by atoms with Gasteiger partial charge in [0.2, 0.25) is 6.23 Å². The normalized spacial score (nSPS) is 21.7. The van der Waals surface area contributed by atoms with Crippen LogP contribution in [0.25, 0.3) is 11.2 Å². The Morgan fingerprint density at radius 3 is 1.74 bits per heavy atom. The summed E-state index contributed by atoms with van der Waals surface area (Å²) in [6, 6.07) is 0. The Labute approximate surface area is 191 Å². The molecule has 35 heavy (non-hydrogen) atoms. The van der Waals surface area contributed by atoms with E-state index in [1.54, 1.807) is 0 Å². The second-order valence-corrected chi connectivity index (χ2v) is 9.03. The fourth-order valence-corrected chi connectivity index (χ4v) is 2.16. The third kappa shape index (κ3) is 13.3. The van der Waals surface area contributed by atoms with Gasteiger partial charge in [0.1, 0.15) is 17.9 Å². The fourth-order valence-electron chi connectivity index (χ4n) is 2.16. The molecule has 1 fully saturated rings. The van der Waals surface area contributed by atoms with Crippen molar-refractivity contribution in [2.45, 2.75) is 24.4 Å². The number of hydrogen-bond donors (Lipinski definition) is 12. The molecule has 0 saturated carbocycles. The number of phosphoric acid groups is 3. The van der Waals surface area contributed by atoms with Crippen LogP contribution in [0.1, 0.15) is 6.23 Å². The van der Waals surface area contributed by atoms with Crippen molar-refractivity contribution in [3.8, 4) is 0 Å². The van der Waals surface area contributed by atoms with E-state index in [9.17, 15) is 13.9 Å². The van der Waals surface area contributed by atoms with Crippen molar-refractivity contribution in [1.29, 1.82) is 0 Å². The van der Waals surface area contributed by atoms with Crippen molar-refractivity contribution < 1.29 is 81.5 Å². The molecule has 3 heterocycles. The molecule has 1 aliphatic rings. The van der Waals surface area contributed by atoms with Gasteiger partial charge in [-0.05, 0) is 0 Å². The number of ether oxygens (including phenoxy) is 1. The molecule has 3 atom stereocenters. The number of nitrogens with zero attached hydrogens (tertiary/aromatic N) is 4. The van der Waals surface area contributed by atoms with Gasteiger partial charge in [-0.25, -0.2) is 28.6 Å². The summed E-state index contributed by atoms with van der Waals surface area (Å²) < 4.78 is 60.7. The Balaban J connectivity index is 0.000000635. The Morgan fingerprint density at radius 2 is 1.37 bits per heavy atom.